The predicted molar refractivity (Wildman–Crippen MR) is 145 cm³/mol. The molecule has 11 heteroatoms. The van der Waals surface area contributed by atoms with Gasteiger partial charge in [-0.2, -0.15) is 0 Å². The van der Waals surface area contributed by atoms with E-state index in [-0.39, 0.29) is 48.6 Å². The summed E-state index contributed by atoms with van der Waals surface area (Å²) in [5.41, 5.74) is -7.38. The summed E-state index contributed by atoms with van der Waals surface area (Å²) in [6, 6.07) is 5.73. The number of hydrogen-bond acceptors (Lipinski definition) is 9. The van der Waals surface area contributed by atoms with E-state index in [1.165, 1.54) is 55.9 Å². The van der Waals surface area contributed by atoms with Crippen molar-refractivity contribution in [3.63, 3.8) is 0 Å². The average molecular weight is 601 g/mol. The number of aliphatic hydroxyl groups is 1. The Labute approximate surface area is 244 Å². The Morgan fingerprint density at radius 2 is 1.76 bits per heavy atom. The van der Waals surface area contributed by atoms with E-state index in [1.807, 2.05) is 0 Å². The van der Waals surface area contributed by atoms with Crippen molar-refractivity contribution in [3.05, 3.63) is 71.9 Å². The molecule has 2 heterocycles. The Kier molecular flexibility index (Phi) is 6.58. The van der Waals surface area contributed by atoms with Gasteiger partial charge in [-0.3, -0.25) is 14.4 Å². The highest BCUT2D eigenvalue weighted by molar-refractivity contribution is 8.26. The quantitative estimate of drug-likeness (QED) is 0.435. The zero-order valence-electron chi connectivity index (χ0n) is 23.2. The summed E-state index contributed by atoms with van der Waals surface area (Å²) in [5, 5.41) is 10.2. The Bertz CT molecular complexity index is 1530. The lowest BCUT2D eigenvalue weighted by atomic mass is 9.45. The summed E-state index contributed by atoms with van der Waals surface area (Å²) in [7, 11) is 0. The van der Waals surface area contributed by atoms with E-state index in [0.717, 1.165) is 0 Å². The van der Waals surface area contributed by atoms with Crippen LogP contribution in [0.3, 0.4) is 0 Å². The number of rotatable bonds is 4. The smallest absolute Gasteiger partial charge is 0.375 e. The van der Waals surface area contributed by atoms with Crippen LogP contribution in [0.15, 0.2) is 69.2 Å². The Hall–Kier alpha value is -3.31. The molecule has 0 saturated heterocycles. The maximum atomic E-state index is 17.6. The molecule has 2 unspecified atom stereocenters. The topological polar surface area (TPSA) is 124 Å². The van der Waals surface area contributed by atoms with Crippen molar-refractivity contribution in [1.29, 1.82) is 0 Å². The zero-order valence-corrected chi connectivity index (χ0v) is 24.0. The molecule has 8 atom stereocenters. The fraction of sp³-hybridized carbons (Fsp3) is 0.484. The van der Waals surface area contributed by atoms with Crippen molar-refractivity contribution < 1.29 is 46.6 Å². The number of ether oxygens (including phenoxy) is 1. The average Bonchev–Trinajstić information content (AvgIpc) is 3.70. The predicted octanol–water partition coefficient (Wildman–Crippen LogP) is 5.78. The highest BCUT2D eigenvalue weighted by atomic mass is 32.2. The van der Waals surface area contributed by atoms with Crippen molar-refractivity contribution in [3.8, 4) is 0 Å². The molecule has 0 aliphatic heterocycles. The number of ketones is 1. The van der Waals surface area contributed by atoms with Gasteiger partial charge in [-0.25, -0.2) is 13.6 Å². The highest BCUT2D eigenvalue weighted by Gasteiger charge is 2.78. The minimum atomic E-state index is -2.37. The van der Waals surface area contributed by atoms with E-state index in [2.05, 4.69) is 0 Å². The van der Waals surface area contributed by atoms with Crippen molar-refractivity contribution >= 4 is 33.7 Å². The molecule has 0 amide bonds. The van der Waals surface area contributed by atoms with Gasteiger partial charge >= 0.3 is 5.97 Å². The molecule has 42 heavy (non-hydrogen) atoms. The van der Waals surface area contributed by atoms with Crippen LogP contribution in [-0.4, -0.2) is 44.5 Å². The van der Waals surface area contributed by atoms with Crippen LogP contribution in [0.4, 0.5) is 8.78 Å². The van der Waals surface area contributed by atoms with E-state index < -0.39 is 68.0 Å². The molecule has 4 aliphatic rings. The number of esters is 1. The van der Waals surface area contributed by atoms with E-state index in [4.69, 9.17) is 13.6 Å². The lowest BCUT2D eigenvalue weighted by Crippen LogP contribution is -2.69. The SMILES string of the molecule is C[C@@H]1CC2C3CC(F)=C4CC(=O)C=C[C@]4(C)[C@@]3(F)[C@@H](O)C[C@]2(C)[C@@]1(OC(=O)c1ccco1)C(=O)SC(=O)c1ccco1. The zero-order chi connectivity index (χ0) is 30.2. The van der Waals surface area contributed by atoms with Gasteiger partial charge in [0.15, 0.2) is 22.8 Å². The number of hydrogen-bond donors (Lipinski definition) is 1. The highest BCUT2D eigenvalue weighted by Crippen LogP contribution is 2.72. The lowest BCUT2D eigenvalue weighted by Gasteiger charge is -2.62. The molecule has 1 N–H and O–H groups in total. The molecule has 6 rings (SSSR count). The minimum absolute atomic E-state index is 0.0219. The van der Waals surface area contributed by atoms with Crippen molar-refractivity contribution in [2.75, 3.05) is 0 Å². The largest absolute Gasteiger partial charge is 0.460 e. The molecule has 2 aromatic heterocycles. The van der Waals surface area contributed by atoms with Gasteiger partial charge in [0.1, 0.15) is 5.83 Å². The third-order valence-electron chi connectivity index (χ3n) is 10.4. The van der Waals surface area contributed by atoms with Crippen molar-refractivity contribution in [1.82, 2.24) is 0 Å². The molecule has 222 valence electrons. The van der Waals surface area contributed by atoms with Crippen LogP contribution >= 0.6 is 11.8 Å². The van der Waals surface area contributed by atoms with Gasteiger partial charge in [0.2, 0.25) is 10.9 Å². The number of alkyl halides is 1. The van der Waals surface area contributed by atoms with Gasteiger partial charge in [-0.05, 0) is 73.4 Å². The monoisotopic (exact) mass is 600 g/mol. The second-order valence-corrected chi connectivity index (χ2v) is 13.2. The number of aliphatic hydroxyl groups excluding tert-OH is 1. The maximum Gasteiger partial charge on any atom is 0.375 e. The van der Waals surface area contributed by atoms with Crippen LogP contribution in [0.5, 0.6) is 0 Å². The van der Waals surface area contributed by atoms with Crippen LogP contribution in [0.1, 0.15) is 67.6 Å². The molecule has 2 saturated carbocycles. The van der Waals surface area contributed by atoms with Gasteiger partial charge < -0.3 is 18.7 Å². The first-order chi connectivity index (χ1) is 19.8. The molecule has 0 spiro atoms. The molecule has 8 nitrogen and oxygen atoms in total. The number of allylic oxidation sites excluding steroid dienone is 4. The van der Waals surface area contributed by atoms with E-state index >= 15 is 8.78 Å². The standard InChI is InChI=1S/C31H30F2O8S/c1-16-12-18-19-14-21(32)20-13-17(34)8-9-28(20,2)30(19,33)24(35)15-29(18,3)31(16,41-25(36)22-6-4-10-39-22)27(38)42-26(37)23-7-5-11-40-23/h4-11,16,18-19,24,35H,12-15H2,1-3H3/t16-,18?,19?,24+,28+,29+,30+,31+/m1/s1. The summed E-state index contributed by atoms with van der Waals surface area (Å²) in [6.07, 6.45) is 2.56. The number of thioether (sulfide) groups is 1. The van der Waals surface area contributed by atoms with E-state index in [9.17, 15) is 24.3 Å². The third-order valence-corrected chi connectivity index (χ3v) is 11.3. The summed E-state index contributed by atoms with van der Waals surface area (Å²) < 4.78 is 49.8. The van der Waals surface area contributed by atoms with Crippen LogP contribution in [0, 0.1) is 28.6 Å². The van der Waals surface area contributed by atoms with Gasteiger partial charge in [0.05, 0.1) is 18.6 Å². The van der Waals surface area contributed by atoms with Gasteiger partial charge in [0, 0.05) is 35.5 Å². The fourth-order valence-electron chi connectivity index (χ4n) is 8.39. The molecule has 4 aliphatic carbocycles. The summed E-state index contributed by atoms with van der Waals surface area (Å²) in [4.78, 5) is 52.8. The van der Waals surface area contributed by atoms with E-state index in [0.29, 0.717) is 11.8 Å². The number of fused-ring (bicyclic) bond motifs is 5. The molecule has 2 aromatic rings. The summed E-state index contributed by atoms with van der Waals surface area (Å²) in [5.74, 6) is -4.81. The second kappa shape index (κ2) is 9.60. The molecule has 2 fully saturated rings. The second-order valence-electron chi connectivity index (χ2n) is 12.3. The first-order valence-corrected chi connectivity index (χ1v) is 14.6. The third kappa shape index (κ3) is 3.68. The Morgan fingerprint density at radius 3 is 2.40 bits per heavy atom. The van der Waals surface area contributed by atoms with Crippen molar-refractivity contribution in [2.24, 2.45) is 28.6 Å². The summed E-state index contributed by atoms with van der Waals surface area (Å²) in [6.45, 7) is 4.80. The van der Waals surface area contributed by atoms with Gasteiger partial charge in [0.25, 0.3) is 5.12 Å². The lowest BCUT2D eigenvalue weighted by molar-refractivity contribution is -0.214. The Balaban J connectivity index is 1.47. The molecular weight excluding hydrogens is 570 g/mol. The van der Waals surface area contributed by atoms with E-state index in [1.54, 1.807) is 13.8 Å². The molecule has 0 bridgehead atoms. The van der Waals surface area contributed by atoms with Gasteiger partial charge in [-0.1, -0.05) is 19.9 Å². The van der Waals surface area contributed by atoms with Gasteiger partial charge in [-0.15, -0.1) is 0 Å². The number of furan rings is 2. The summed E-state index contributed by atoms with van der Waals surface area (Å²) >= 11 is 0.312. The number of halogens is 2. The van der Waals surface area contributed by atoms with Crippen LogP contribution in [0.2, 0.25) is 0 Å². The maximum absolute atomic E-state index is 17.6. The van der Waals surface area contributed by atoms with Crippen LogP contribution in [0.25, 0.3) is 0 Å². The molecular formula is C31H30F2O8S. The fourth-order valence-corrected chi connectivity index (χ4v) is 9.40. The molecule has 0 aromatic carbocycles. The van der Waals surface area contributed by atoms with Crippen molar-refractivity contribution in [2.45, 2.75) is 63.8 Å². The van der Waals surface area contributed by atoms with Crippen LogP contribution < -0.4 is 0 Å². The Morgan fingerprint density at radius 1 is 1.10 bits per heavy atom. The minimum Gasteiger partial charge on any atom is -0.460 e. The number of carbonyl (C=O) groups is 4. The first kappa shape index (κ1) is 28.8. The van der Waals surface area contributed by atoms with Crippen LogP contribution in [-0.2, 0) is 14.3 Å². The first-order valence-electron chi connectivity index (χ1n) is 13.8. The molecule has 0 radical (unpaired) electrons. The number of carbonyl (C=O) groups excluding carboxylic acids is 4. The normalized spacial score (nSPS) is 39.0.